The predicted molar refractivity (Wildman–Crippen MR) is 112 cm³/mol. The van der Waals surface area contributed by atoms with Crippen LogP contribution in [0, 0.1) is 6.92 Å². The topological polar surface area (TPSA) is 109 Å². The van der Waals surface area contributed by atoms with Crippen molar-refractivity contribution in [3.05, 3.63) is 45.9 Å². The lowest BCUT2D eigenvalue weighted by molar-refractivity contribution is 0.0526. The molecule has 162 valence electrons. The van der Waals surface area contributed by atoms with Gasteiger partial charge >= 0.3 is 12.0 Å². The molecular weight excluding hydrogens is 428 g/mol. The molecule has 30 heavy (non-hydrogen) atoms. The summed E-state index contributed by atoms with van der Waals surface area (Å²) in [5.74, 6) is -0.492. The fraction of sp³-hybridized carbons (Fsp3) is 0.421. The third-order valence-corrected chi connectivity index (χ3v) is 7.47. The van der Waals surface area contributed by atoms with Crippen LogP contribution in [-0.4, -0.2) is 67.4 Å². The largest absolute Gasteiger partial charge is 0.462 e. The molecule has 1 N–H and O–H groups in total. The van der Waals surface area contributed by atoms with Gasteiger partial charge in [-0.05, 0) is 38.1 Å². The van der Waals surface area contributed by atoms with E-state index in [2.05, 4.69) is 10.3 Å². The Labute approximate surface area is 179 Å². The molecule has 0 saturated carbocycles. The van der Waals surface area contributed by atoms with Crippen LogP contribution in [0.4, 0.5) is 4.79 Å². The van der Waals surface area contributed by atoms with E-state index >= 15 is 0 Å². The minimum absolute atomic E-state index is 0.104. The monoisotopic (exact) mass is 452 g/mol. The first kappa shape index (κ1) is 22.2. The summed E-state index contributed by atoms with van der Waals surface area (Å²) in [5, 5.41) is 5.57. The average Bonchev–Trinajstić information content (AvgIpc) is 3.17. The number of nitrogens with one attached hydrogen (secondary N) is 1. The number of carbonyl (C=O) groups is 2. The third kappa shape index (κ3) is 5.15. The number of hydrogen-bond acceptors (Lipinski definition) is 7. The van der Waals surface area contributed by atoms with Crippen molar-refractivity contribution in [2.75, 3.05) is 32.8 Å². The minimum atomic E-state index is -3.70. The number of ether oxygens (including phenoxy) is 1. The molecule has 1 saturated heterocycles. The molecular formula is C19H24N4O5S2. The van der Waals surface area contributed by atoms with E-state index in [0.29, 0.717) is 25.2 Å². The lowest BCUT2D eigenvalue weighted by Crippen LogP contribution is -2.52. The van der Waals surface area contributed by atoms with Crippen molar-refractivity contribution < 1.29 is 22.7 Å². The van der Waals surface area contributed by atoms with Gasteiger partial charge in [0.25, 0.3) is 0 Å². The highest BCUT2D eigenvalue weighted by atomic mass is 32.2. The van der Waals surface area contributed by atoms with Gasteiger partial charge in [0.1, 0.15) is 5.01 Å². The van der Waals surface area contributed by atoms with Crippen LogP contribution < -0.4 is 5.32 Å². The molecule has 1 aliphatic rings. The fourth-order valence-electron chi connectivity index (χ4n) is 3.00. The molecule has 9 nitrogen and oxygen atoms in total. The number of aryl methyl sites for hydroxylation is 1. The molecule has 11 heteroatoms. The van der Waals surface area contributed by atoms with Crippen LogP contribution >= 0.6 is 11.3 Å². The zero-order valence-electron chi connectivity index (χ0n) is 16.8. The lowest BCUT2D eigenvalue weighted by Gasteiger charge is -2.33. The highest BCUT2D eigenvalue weighted by molar-refractivity contribution is 7.89. The number of benzene rings is 1. The third-order valence-electron chi connectivity index (χ3n) is 4.59. The van der Waals surface area contributed by atoms with E-state index in [1.54, 1.807) is 11.8 Å². The van der Waals surface area contributed by atoms with Crippen LogP contribution in [-0.2, 0) is 21.3 Å². The van der Waals surface area contributed by atoms with Gasteiger partial charge < -0.3 is 15.0 Å². The Bertz CT molecular complexity index is 996. The predicted octanol–water partition coefficient (Wildman–Crippen LogP) is 1.84. The number of carbonyl (C=O) groups excluding carboxylic acids is 2. The zero-order chi connectivity index (χ0) is 21.7. The summed E-state index contributed by atoms with van der Waals surface area (Å²) in [4.78, 5) is 30.1. The normalized spacial score (nSPS) is 15.1. The molecule has 0 unspecified atom stereocenters. The smallest absolute Gasteiger partial charge is 0.338 e. The van der Waals surface area contributed by atoms with Gasteiger partial charge in [0.05, 0.1) is 23.6 Å². The summed E-state index contributed by atoms with van der Waals surface area (Å²) in [6, 6.07) is 5.44. The molecule has 2 heterocycles. The molecule has 1 fully saturated rings. The quantitative estimate of drug-likeness (QED) is 0.670. The number of rotatable bonds is 6. The number of sulfonamides is 1. The number of esters is 1. The molecule has 1 aromatic heterocycles. The Hall–Kier alpha value is -2.50. The highest BCUT2D eigenvalue weighted by Gasteiger charge is 2.30. The van der Waals surface area contributed by atoms with E-state index in [1.807, 2.05) is 12.3 Å². The molecule has 2 amide bonds. The molecule has 0 aliphatic carbocycles. The van der Waals surface area contributed by atoms with Crippen LogP contribution in [0.1, 0.15) is 28.0 Å². The Kier molecular flexibility index (Phi) is 7.06. The molecule has 0 atom stereocenters. The maximum absolute atomic E-state index is 12.9. The average molecular weight is 453 g/mol. The minimum Gasteiger partial charge on any atom is -0.462 e. The van der Waals surface area contributed by atoms with Crippen LogP contribution in [0.25, 0.3) is 0 Å². The molecule has 3 rings (SSSR count). The number of urea groups is 1. The van der Waals surface area contributed by atoms with Crippen molar-refractivity contribution in [2.24, 2.45) is 0 Å². The fourth-order valence-corrected chi connectivity index (χ4v) is 5.14. The van der Waals surface area contributed by atoms with Crippen LogP contribution in [0.2, 0.25) is 0 Å². The van der Waals surface area contributed by atoms with Gasteiger partial charge in [-0.25, -0.2) is 23.0 Å². The Morgan fingerprint density at radius 3 is 2.40 bits per heavy atom. The Balaban J connectivity index is 1.55. The second-order valence-electron chi connectivity index (χ2n) is 6.68. The van der Waals surface area contributed by atoms with E-state index < -0.39 is 16.0 Å². The summed E-state index contributed by atoms with van der Waals surface area (Å²) in [7, 11) is -3.70. The zero-order valence-corrected chi connectivity index (χ0v) is 18.5. The number of thiazole rings is 1. The first-order valence-corrected chi connectivity index (χ1v) is 11.8. The first-order valence-electron chi connectivity index (χ1n) is 9.52. The molecule has 0 spiro atoms. The van der Waals surface area contributed by atoms with Crippen LogP contribution in [0.15, 0.2) is 34.5 Å². The van der Waals surface area contributed by atoms with Gasteiger partial charge in [0.15, 0.2) is 0 Å². The molecule has 2 aromatic rings. The highest BCUT2D eigenvalue weighted by Crippen LogP contribution is 2.19. The van der Waals surface area contributed by atoms with E-state index in [1.165, 1.54) is 39.9 Å². The van der Waals surface area contributed by atoms with E-state index in [-0.39, 0.29) is 30.6 Å². The summed E-state index contributed by atoms with van der Waals surface area (Å²) in [6.45, 7) is 5.19. The van der Waals surface area contributed by atoms with Crippen molar-refractivity contribution in [1.29, 1.82) is 0 Å². The summed E-state index contributed by atoms with van der Waals surface area (Å²) in [5.41, 5.74) is 1.21. The summed E-state index contributed by atoms with van der Waals surface area (Å²) < 4.78 is 32.0. The molecule has 0 bridgehead atoms. The number of piperazine rings is 1. The van der Waals surface area contributed by atoms with Crippen LogP contribution in [0.5, 0.6) is 0 Å². The second-order valence-corrected chi connectivity index (χ2v) is 9.56. The number of hydrogen-bond donors (Lipinski definition) is 1. The first-order chi connectivity index (χ1) is 14.3. The van der Waals surface area contributed by atoms with Crippen molar-refractivity contribution in [3.8, 4) is 0 Å². The number of amides is 2. The summed E-state index contributed by atoms with van der Waals surface area (Å²) in [6.07, 6.45) is 0. The number of nitrogens with zero attached hydrogens (tertiary/aromatic N) is 3. The molecule has 1 aliphatic heterocycles. The summed E-state index contributed by atoms with van der Waals surface area (Å²) >= 11 is 1.48. The SMILES string of the molecule is CCOC(=O)c1ccc(S(=O)(=O)N2CCN(C(=O)NCc3nc(C)cs3)CC2)cc1. The number of aromatic nitrogens is 1. The van der Waals surface area contributed by atoms with E-state index in [0.717, 1.165) is 10.7 Å². The van der Waals surface area contributed by atoms with Gasteiger partial charge in [-0.15, -0.1) is 11.3 Å². The van der Waals surface area contributed by atoms with E-state index in [9.17, 15) is 18.0 Å². The van der Waals surface area contributed by atoms with Crippen molar-refractivity contribution in [3.63, 3.8) is 0 Å². The van der Waals surface area contributed by atoms with Gasteiger partial charge in [-0.1, -0.05) is 0 Å². The Morgan fingerprint density at radius 2 is 1.83 bits per heavy atom. The maximum Gasteiger partial charge on any atom is 0.338 e. The van der Waals surface area contributed by atoms with E-state index in [4.69, 9.17) is 4.74 Å². The van der Waals surface area contributed by atoms with Crippen molar-refractivity contribution in [2.45, 2.75) is 25.3 Å². The van der Waals surface area contributed by atoms with Gasteiger partial charge in [-0.3, -0.25) is 0 Å². The van der Waals surface area contributed by atoms with Gasteiger partial charge in [0, 0.05) is 37.3 Å². The van der Waals surface area contributed by atoms with Gasteiger partial charge in [-0.2, -0.15) is 4.31 Å². The lowest BCUT2D eigenvalue weighted by atomic mass is 10.2. The second kappa shape index (κ2) is 9.54. The van der Waals surface area contributed by atoms with Crippen LogP contribution in [0.3, 0.4) is 0 Å². The Morgan fingerprint density at radius 1 is 1.17 bits per heavy atom. The van der Waals surface area contributed by atoms with Crippen molar-refractivity contribution in [1.82, 2.24) is 19.5 Å². The van der Waals surface area contributed by atoms with Crippen molar-refractivity contribution >= 4 is 33.4 Å². The van der Waals surface area contributed by atoms with Gasteiger partial charge in [0.2, 0.25) is 10.0 Å². The molecule has 0 radical (unpaired) electrons. The molecule has 1 aromatic carbocycles. The maximum atomic E-state index is 12.9. The standard InChI is InChI=1S/C19H24N4O5S2/c1-3-28-18(24)15-4-6-16(7-5-15)30(26,27)23-10-8-22(9-11-23)19(25)20-12-17-21-14(2)13-29-17/h4-7,13H,3,8-12H2,1-2H3,(H,20,25).